The van der Waals surface area contributed by atoms with E-state index in [2.05, 4.69) is 16.9 Å². The van der Waals surface area contributed by atoms with Gasteiger partial charge in [0.1, 0.15) is 11.4 Å². The van der Waals surface area contributed by atoms with E-state index in [1.807, 2.05) is 48.5 Å². The maximum Gasteiger partial charge on any atom is 0.270 e. The van der Waals surface area contributed by atoms with E-state index in [9.17, 15) is 4.79 Å². The number of nitrogens with zero attached hydrogens (tertiary/aromatic N) is 1. The van der Waals surface area contributed by atoms with Gasteiger partial charge in [0, 0.05) is 6.42 Å². The molecule has 1 N–H and O–H groups in total. The molecule has 3 aromatic rings. The third-order valence-electron chi connectivity index (χ3n) is 3.44. The minimum atomic E-state index is -0.134. The van der Waals surface area contributed by atoms with E-state index < -0.39 is 0 Å². The first-order chi connectivity index (χ1) is 10.8. The normalized spacial score (nSPS) is 10.8. The zero-order valence-corrected chi connectivity index (χ0v) is 12.5. The molecule has 3 rings (SSSR count). The lowest BCUT2D eigenvalue weighted by molar-refractivity contribution is 0.317. The van der Waals surface area contributed by atoms with Crippen molar-refractivity contribution in [3.63, 3.8) is 0 Å². The standard InChI is InChI=1S/C18H18N2O2/c1-2-11-22-14-9-7-13(8-10-14)12-17-18(21)20-16-6-4-3-5-15(16)19-17/h3-10H,2,11-12H2,1H3,(H,20,21). The molecule has 0 amide bonds. The number of aromatic nitrogens is 2. The molecule has 0 unspecified atom stereocenters. The van der Waals surface area contributed by atoms with Gasteiger partial charge in [-0.1, -0.05) is 31.2 Å². The highest BCUT2D eigenvalue weighted by atomic mass is 16.5. The van der Waals surface area contributed by atoms with E-state index in [-0.39, 0.29) is 5.56 Å². The van der Waals surface area contributed by atoms with Gasteiger partial charge in [-0.05, 0) is 36.2 Å². The number of H-pyrrole nitrogens is 1. The maximum absolute atomic E-state index is 12.1. The average molecular weight is 294 g/mol. The minimum absolute atomic E-state index is 0.134. The van der Waals surface area contributed by atoms with Crippen LogP contribution in [0, 0.1) is 0 Å². The fraction of sp³-hybridized carbons (Fsp3) is 0.222. The van der Waals surface area contributed by atoms with E-state index in [0.29, 0.717) is 18.7 Å². The Hall–Kier alpha value is -2.62. The molecule has 112 valence electrons. The zero-order valence-electron chi connectivity index (χ0n) is 12.5. The molecule has 4 nitrogen and oxygen atoms in total. The summed E-state index contributed by atoms with van der Waals surface area (Å²) in [6.07, 6.45) is 1.49. The van der Waals surface area contributed by atoms with E-state index in [1.54, 1.807) is 0 Å². The van der Waals surface area contributed by atoms with Gasteiger partial charge in [-0.3, -0.25) is 4.79 Å². The zero-order chi connectivity index (χ0) is 15.4. The fourth-order valence-corrected chi connectivity index (χ4v) is 2.30. The van der Waals surface area contributed by atoms with Gasteiger partial charge in [-0.15, -0.1) is 0 Å². The molecule has 4 heteroatoms. The lowest BCUT2D eigenvalue weighted by Gasteiger charge is -2.06. The first-order valence-corrected chi connectivity index (χ1v) is 7.46. The number of aromatic amines is 1. The van der Waals surface area contributed by atoms with Crippen molar-refractivity contribution < 1.29 is 4.74 Å². The molecule has 0 bridgehead atoms. The molecule has 0 radical (unpaired) electrons. The molecule has 0 aliphatic heterocycles. The van der Waals surface area contributed by atoms with Crippen LogP contribution in [0.4, 0.5) is 0 Å². The molecule has 2 aromatic carbocycles. The summed E-state index contributed by atoms with van der Waals surface area (Å²) in [6.45, 7) is 2.79. The number of benzene rings is 2. The third kappa shape index (κ3) is 3.17. The second-order valence-corrected chi connectivity index (χ2v) is 5.20. The van der Waals surface area contributed by atoms with Crippen molar-refractivity contribution in [2.45, 2.75) is 19.8 Å². The lowest BCUT2D eigenvalue weighted by Crippen LogP contribution is -2.15. The molecule has 0 atom stereocenters. The van der Waals surface area contributed by atoms with Crippen LogP contribution in [-0.2, 0) is 6.42 Å². The molecule has 0 fully saturated rings. The third-order valence-corrected chi connectivity index (χ3v) is 3.44. The summed E-state index contributed by atoms with van der Waals surface area (Å²) >= 11 is 0. The molecule has 0 saturated carbocycles. The minimum Gasteiger partial charge on any atom is -0.494 e. The highest BCUT2D eigenvalue weighted by Crippen LogP contribution is 2.15. The SMILES string of the molecule is CCCOc1ccc(Cc2nc3ccccc3[nH]c2=O)cc1. The lowest BCUT2D eigenvalue weighted by atomic mass is 10.1. The van der Waals surface area contributed by atoms with Crippen LogP contribution in [0.3, 0.4) is 0 Å². The van der Waals surface area contributed by atoms with E-state index in [4.69, 9.17) is 4.74 Å². The van der Waals surface area contributed by atoms with Crippen LogP contribution in [0.25, 0.3) is 11.0 Å². The number of para-hydroxylation sites is 2. The van der Waals surface area contributed by atoms with Gasteiger partial charge in [0.05, 0.1) is 17.6 Å². The Kier molecular flexibility index (Phi) is 4.19. The second kappa shape index (κ2) is 6.43. The first kappa shape index (κ1) is 14.3. The van der Waals surface area contributed by atoms with Crippen LogP contribution in [-0.4, -0.2) is 16.6 Å². The van der Waals surface area contributed by atoms with Crippen molar-refractivity contribution in [3.8, 4) is 5.75 Å². The summed E-state index contributed by atoms with van der Waals surface area (Å²) in [6, 6.07) is 15.4. The number of nitrogens with one attached hydrogen (secondary N) is 1. The molecule has 1 heterocycles. The van der Waals surface area contributed by atoms with Gasteiger partial charge >= 0.3 is 0 Å². The van der Waals surface area contributed by atoms with Crippen LogP contribution in [0.5, 0.6) is 5.75 Å². The van der Waals surface area contributed by atoms with Crippen molar-refractivity contribution >= 4 is 11.0 Å². The van der Waals surface area contributed by atoms with Crippen LogP contribution in [0.1, 0.15) is 24.6 Å². The molecular weight excluding hydrogens is 276 g/mol. The van der Waals surface area contributed by atoms with Crippen LogP contribution < -0.4 is 10.3 Å². The highest BCUT2D eigenvalue weighted by molar-refractivity contribution is 5.73. The van der Waals surface area contributed by atoms with Crippen LogP contribution in [0.15, 0.2) is 53.3 Å². The number of rotatable bonds is 5. The van der Waals surface area contributed by atoms with Crippen LogP contribution in [0.2, 0.25) is 0 Å². The quantitative estimate of drug-likeness (QED) is 0.785. The second-order valence-electron chi connectivity index (χ2n) is 5.20. The number of fused-ring (bicyclic) bond motifs is 1. The Balaban J connectivity index is 1.83. The van der Waals surface area contributed by atoms with E-state index >= 15 is 0 Å². The predicted molar refractivity (Wildman–Crippen MR) is 87.4 cm³/mol. The summed E-state index contributed by atoms with van der Waals surface area (Å²) in [5.41, 5.74) is 3.00. The summed E-state index contributed by atoms with van der Waals surface area (Å²) in [7, 11) is 0. The van der Waals surface area contributed by atoms with Crippen molar-refractivity contribution in [3.05, 3.63) is 70.1 Å². The summed E-state index contributed by atoms with van der Waals surface area (Å²) in [5, 5.41) is 0. The smallest absolute Gasteiger partial charge is 0.270 e. The van der Waals surface area contributed by atoms with Crippen molar-refractivity contribution in [1.29, 1.82) is 0 Å². The monoisotopic (exact) mass is 294 g/mol. The number of hydrogen-bond donors (Lipinski definition) is 1. The maximum atomic E-state index is 12.1. The van der Waals surface area contributed by atoms with Gasteiger partial charge < -0.3 is 9.72 Å². The van der Waals surface area contributed by atoms with Crippen molar-refractivity contribution in [1.82, 2.24) is 9.97 Å². The van der Waals surface area contributed by atoms with Gasteiger partial charge in [0.25, 0.3) is 5.56 Å². The van der Waals surface area contributed by atoms with E-state index in [0.717, 1.165) is 28.8 Å². The van der Waals surface area contributed by atoms with Crippen molar-refractivity contribution in [2.24, 2.45) is 0 Å². The number of hydrogen-bond acceptors (Lipinski definition) is 3. The first-order valence-electron chi connectivity index (χ1n) is 7.46. The summed E-state index contributed by atoms with van der Waals surface area (Å²) in [5.74, 6) is 0.853. The van der Waals surface area contributed by atoms with E-state index in [1.165, 1.54) is 0 Å². The van der Waals surface area contributed by atoms with Gasteiger partial charge in [0.2, 0.25) is 0 Å². The molecule has 0 aliphatic carbocycles. The Morgan fingerprint density at radius 1 is 1.09 bits per heavy atom. The van der Waals surface area contributed by atoms with Gasteiger partial charge in [0.15, 0.2) is 0 Å². The van der Waals surface area contributed by atoms with Crippen LogP contribution >= 0.6 is 0 Å². The topological polar surface area (TPSA) is 55.0 Å². The van der Waals surface area contributed by atoms with Gasteiger partial charge in [-0.2, -0.15) is 0 Å². The average Bonchev–Trinajstić information content (AvgIpc) is 2.55. The predicted octanol–water partition coefficient (Wildman–Crippen LogP) is 3.30. The number of ether oxygens (including phenoxy) is 1. The molecule has 0 saturated heterocycles. The Bertz CT molecular complexity index is 822. The molecule has 22 heavy (non-hydrogen) atoms. The molecule has 1 aromatic heterocycles. The Labute approximate surface area is 128 Å². The fourth-order valence-electron chi connectivity index (χ4n) is 2.30. The summed E-state index contributed by atoms with van der Waals surface area (Å²) < 4.78 is 5.56. The Morgan fingerprint density at radius 3 is 2.64 bits per heavy atom. The molecule has 0 spiro atoms. The molecule has 0 aliphatic rings. The summed E-state index contributed by atoms with van der Waals surface area (Å²) in [4.78, 5) is 19.4. The highest BCUT2D eigenvalue weighted by Gasteiger charge is 2.06. The Morgan fingerprint density at radius 2 is 1.86 bits per heavy atom. The largest absolute Gasteiger partial charge is 0.494 e. The van der Waals surface area contributed by atoms with Crippen molar-refractivity contribution in [2.75, 3.05) is 6.61 Å². The van der Waals surface area contributed by atoms with Gasteiger partial charge in [-0.25, -0.2) is 4.98 Å². The molecular formula is C18H18N2O2.